The van der Waals surface area contributed by atoms with E-state index in [1.165, 1.54) is 12.8 Å². The summed E-state index contributed by atoms with van der Waals surface area (Å²) >= 11 is 0. The van der Waals surface area contributed by atoms with Crippen LogP contribution in [0.2, 0.25) is 0 Å². The van der Waals surface area contributed by atoms with Crippen LogP contribution in [0.3, 0.4) is 0 Å². The highest BCUT2D eigenvalue weighted by Gasteiger charge is 2.35. The Morgan fingerprint density at radius 1 is 1.11 bits per heavy atom. The number of carbonyl (C=O) groups excluding carboxylic acids is 1. The Morgan fingerprint density at radius 2 is 1.74 bits per heavy atom. The molecule has 0 aromatic rings. The molecule has 2 fully saturated rings. The zero-order valence-electron chi connectivity index (χ0n) is 12.9. The van der Waals surface area contributed by atoms with E-state index < -0.39 is 0 Å². The summed E-state index contributed by atoms with van der Waals surface area (Å²) in [6.07, 6.45) is 5.54. The summed E-state index contributed by atoms with van der Waals surface area (Å²) < 4.78 is 5.38. The van der Waals surface area contributed by atoms with Crippen molar-refractivity contribution in [3.63, 3.8) is 0 Å². The summed E-state index contributed by atoms with van der Waals surface area (Å²) in [4.78, 5) is 14.5. The van der Waals surface area contributed by atoms with E-state index in [4.69, 9.17) is 4.74 Å². The maximum Gasteiger partial charge on any atom is 0.225 e. The zero-order chi connectivity index (χ0) is 14.0. The Labute approximate surface area is 117 Å². The number of hydrogen-bond donors (Lipinski definition) is 0. The van der Waals surface area contributed by atoms with Crippen molar-refractivity contribution in [2.75, 3.05) is 20.3 Å². The predicted octanol–water partition coefficient (Wildman–Crippen LogP) is 3.09. The summed E-state index contributed by atoms with van der Waals surface area (Å²) in [7, 11) is 1.96. The molecule has 0 N–H and O–H groups in total. The van der Waals surface area contributed by atoms with E-state index in [0.29, 0.717) is 17.4 Å². The van der Waals surface area contributed by atoms with Crippen molar-refractivity contribution in [2.24, 2.45) is 17.3 Å². The van der Waals surface area contributed by atoms with Crippen molar-refractivity contribution in [1.82, 2.24) is 4.90 Å². The summed E-state index contributed by atoms with van der Waals surface area (Å²) in [5.41, 5.74) is 0.388. The Hall–Kier alpha value is -0.570. The molecule has 1 amide bonds. The van der Waals surface area contributed by atoms with Gasteiger partial charge in [0.1, 0.15) is 0 Å². The van der Waals surface area contributed by atoms with Gasteiger partial charge in [0.25, 0.3) is 0 Å². The van der Waals surface area contributed by atoms with Crippen molar-refractivity contribution < 1.29 is 9.53 Å². The topological polar surface area (TPSA) is 29.5 Å². The molecule has 0 radical (unpaired) electrons. The highest BCUT2D eigenvalue weighted by molar-refractivity contribution is 5.79. The second-order valence-electron chi connectivity index (χ2n) is 7.38. The van der Waals surface area contributed by atoms with Gasteiger partial charge in [-0.2, -0.15) is 0 Å². The molecule has 0 aromatic carbocycles. The van der Waals surface area contributed by atoms with Crippen LogP contribution >= 0.6 is 0 Å². The fourth-order valence-electron chi connectivity index (χ4n) is 3.50. The van der Waals surface area contributed by atoms with Gasteiger partial charge in [-0.1, -0.05) is 20.8 Å². The number of amides is 1. The van der Waals surface area contributed by atoms with E-state index in [2.05, 4.69) is 20.8 Å². The van der Waals surface area contributed by atoms with Crippen LogP contribution in [0, 0.1) is 17.3 Å². The largest absolute Gasteiger partial charge is 0.379 e. The Balaban J connectivity index is 1.85. The van der Waals surface area contributed by atoms with Gasteiger partial charge in [-0.3, -0.25) is 4.79 Å². The molecule has 3 nitrogen and oxygen atoms in total. The van der Waals surface area contributed by atoms with E-state index in [1.54, 1.807) is 0 Å². The van der Waals surface area contributed by atoms with Crippen molar-refractivity contribution in [3.05, 3.63) is 0 Å². The van der Waals surface area contributed by atoms with Gasteiger partial charge < -0.3 is 9.64 Å². The van der Waals surface area contributed by atoms with Gasteiger partial charge >= 0.3 is 0 Å². The Bertz CT molecular complexity index is 307. The third-order valence-electron chi connectivity index (χ3n) is 5.10. The third-order valence-corrected chi connectivity index (χ3v) is 5.10. The molecule has 0 spiro atoms. The van der Waals surface area contributed by atoms with E-state index in [0.717, 1.165) is 38.4 Å². The summed E-state index contributed by atoms with van der Waals surface area (Å²) in [5, 5.41) is 0. The Morgan fingerprint density at radius 3 is 2.21 bits per heavy atom. The van der Waals surface area contributed by atoms with E-state index in [-0.39, 0.29) is 5.92 Å². The maximum absolute atomic E-state index is 12.5. The molecular weight excluding hydrogens is 238 g/mol. The lowest BCUT2D eigenvalue weighted by Crippen LogP contribution is -2.42. The number of ether oxygens (including phenoxy) is 1. The van der Waals surface area contributed by atoms with Gasteiger partial charge in [0.05, 0.1) is 12.6 Å². The molecule has 1 saturated carbocycles. The summed E-state index contributed by atoms with van der Waals surface area (Å²) in [6, 6.07) is 0.313. The first-order valence-corrected chi connectivity index (χ1v) is 7.74. The molecule has 2 aliphatic rings. The second-order valence-corrected chi connectivity index (χ2v) is 7.38. The predicted molar refractivity (Wildman–Crippen MR) is 76.9 cm³/mol. The Kier molecular flexibility index (Phi) is 4.54. The maximum atomic E-state index is 12.5. The van der Waals surface area contributed by atoms with Gasteiger partial charge in [0.2, 0.25) is 5.91 Å². The average molecular weight is 267 g/mol. The number of nitrogens with zero attached hydrogens (tertiary/aromatic N) is 1. The quantitative estimate of drug-likeness (QED) is 0.769. The third kappa shape index (κ3) is 3.50. The number of hydrogen-bond acceptors (Lipinski definition) is 2. The molecule has 0 aromatic heterocycles. The SMILES string of the molecule is CN(C(=O)C1CCC(C(C)(C)C)CC1)C1CCOC1. The fourth-order valence-corrected chi connectivity index (χ4v) is 3.50. The molecule has 2 rings (SSSR count). The fraction of sp³-hybridized carbons (Fsp3) is 0.938. The number of likely N-dealkylation sites (N-methyl/N-ethyl adjacent to an activating group) is 1. The highest BCUT2D eigenvalue weighted by Crippen LogP contribution is 2.40. The summed E-state index contributed by atoms with van der Waals surface area (Å²) in [5.74, 6) is 1.38. The molecule has 1 aliphatic carbocycles. The zero-order valence-corrected chi connectivity index (χ0v) is 12.9. The first-order valence-electron chi connectivity index (χ1n) is 7.74. The summed E-state index contributed by atoms with van der Waals surface area (Å²) in [6.45, 7) is 8.49. The van der Waals surface area contributed by atoms with Gasteiger partial charge in [-0.15, -0.1) is 0 Å². The van der Waals surface area contributed by atoms with Crippen molar-refractivity contribution in [3.8, 4) is 0 Å². The molecule has 3 heteroatoms. The number of carbonyl (C=O) groups is 1. The molecule has 1 saturated heterocycles. The lowest BCUT2D eigenvalue weighted by atomic mass is 9.69. The average Bonchev–Trinajstić information content (AvgIpc) is 2.90. The molecule has 1 unspecified atom stereocenters. The molecule has 110 valence electrons. The smallest absolute Gasteiger partial charge is 0.225 e. The van der Waals surface area contributed by atoms with Crippen LogP contribution in [0.1, 0.15) is 52.9 Å². The molecular formula is C16H29NO2. The molecule has 0 bridgehead atoms. The monoisotopic (exact) mass is 267 g/mol. The van der Waals surface area contributed by atoms with Crippen molar-refractivity contribution in [1.29, 1.82) is 0 Å². The highest BCUT2D eigenvalue weighted by atomic mass is 16.5. The van der Waals surface area contributed by atoms with Gasteiger partial charge in [-0.05, 0) is 43.4 Å². The molecule has 1 atom stereocenters. The first kappa shape index (κ1) is 14.8. The van der Waals surface area contributed by atoms with Gasteiger partial charge in [-0.25, -0.2) is 0 Å². The van der Waals surface area contributed by atoms with Crippen LogP contribution in [0.4, 0.5) is 0 Å². The van der Waals surface area contributed by atoms with Crippen LogP contribution in [0.15, 0.2) is 0 Å². The van der Waals surface area contributed by atoms with Crippen molar-refractivity contribution >= 4 is 5.91 Å². The standard InChI is InChI=1S/C16H29NO2/c1-16(2,3)13-7-5-12(6-8-13)15(18)17(4)14-9-10-19-11-14/h12-14H,5-11H2,1-4H3. The van der Waals surface area contributed by atoms with E-state index in [9.17, 15) is 4.79 Å². The van der Waals surface area contributed by atoms with E-state index >= 15 is 0 Å². The van der Waals surface area contributed by atoms with E-state index in [1.807, 2.05) is 11.9 Å². The second kappa shape index (κ2) is 5.82. The minimum atomic E-state index is 0.254. The lowest BCUT2D eigenvalue weighted by Gasteiger charge is -2.38. The molecule has 1 heterocycles. The van der Waals surface area contributed by atoms with Crippen LogP contribution in [0.5, 0.6) is 0 Å². The van der Waals surface area contributed by atoms with Crippen LogP contribution < -0.4 is 0 Å². The van der Waals surface area contributed by atoms with Crippen LogP contribution in [-0.2, 0) is 9.53 Å². The van der Waals surface area contributed by atoms with Crippen molar-refractivity contribution in [2.45, 2.75) is 58.9 Å². The lowest BCUT2D eigenvalue weighted by molar-refractivity contribution is -0.138. The minimum Gasteiger partial charge on any atom is -0.379 e. The van der Waals surface area contributed by atoms with Crippen LogP contribution in [-0.4, -0.2) is 37.1 Å². The van der Waals surface area contributed by atoms with Gasteiger partial charge in [0.15, 0.2) is 0 Å². The first-order chi connectivity index (χ1) is 8.89. The van der Waals surface area contributed by atoms with Gasteiger partial charge in [0, 0.05) is 19.6 Å². The van der Waals surface area contributed by atoms with Crippen LogP contribution in [0.25, 0.3) is 0 Å². The number of rotatable bonds is 2. The molecule has 19 heavy (non-hydrogen) atoms. The minimum absolute atomic E-state index is 0.254. The molecule has 1 aliphatic heterocycles. The normalized spacial score (nSPS) is 32.3.